The zero-order valence-corrected chi connectivity index (χ0v) is 10.6. The fourth-order valence-corrected chi connectivity index (χ4v) is 1.37. The molecule has 5 nitrogen and oxygen atoms in total. The van der Waals surface area contributed by atoms with Crippen LogP contribution >= 0.6 is 12.4 Å². The molecular weight excluding hydrogens is 238 g/mol. The largest absolute Gasteiger partial charge is 0.370 e. The smallest absolute Gasteiger partial charge is 0.225 e. The number of benzene rings is 1. The van der Waals surface area contributed by atoms with Crippen LogP contribution in [0.4, 0.5) is 5.69 Å². The molecule has 0 saturated carbocycles. The fourth-order valence-electron chi connectivity index (χ4n) is 1.37. The van der Waals surface area contributed by atoms with Gasteiger partial charge in [0.25, 0.3) is 0 Å². The van der Waals surface area contributed by atoms with Crippen molar-refractivity contribution in [3.8, 4) is 0 Å². The fraction of sp³-hybridized carbons (Fsp3) is 0.273. The van der Waals surface area contributed by atoms with Gasteiger partial charge in [0.2, 0.25) is 5.96 Å². The third kappa shape index (κ3) is 4.74. The van der Waals surface area contributed by atoms with E-state index in [9.17, 15) is 0 Å². The molecule has 0 radical (unpaired) electrons. The maximum atomic E-state index is 7.80. The van der Waals surface area contributed by atoms with Crippen molar-refractivity contribution >= 4 is 30.0 Å². The summed E-state index contributed by atoms with van der Waals surface area (Å²) in [6.07, 6.45) is 0.914. The third-order valence-corrected chi connectivity index (χ3v) is 2.01. The number of halogens is 1. The van der Waals surface area contributed by atoms with E-state index in [1.54, 1.807) is 4.90 Å². The van der Waals surface area contributed by atoms with Gasteiger partial charge in [-0.2, -0.15) is 4.99 Å². The van der Waals surface area contributed by atoms with Gasteiger partial charge in [-0.15, -0.1) is 12.4 Å². The van der Waals surface area contributed by atoms with E-state index >= 15 is 0 Å². The Morgan fingerprint density at radius 1 is 1.29 bits per heavy atom. The number of anilines is 1. The molecule has 1 rings (SSSR count). The van der Waals surface area contributed by atoms with Gasteiger partial charge in [-0.1, -0.05) is 25.1 Å². The quantitative estimate of drug-likeness (QED) is 0.565. The van der Waals surface area contributed by atoms with Crippen molar-refractivity contribution in [2.75, 3.05) is 11.4 Å². The molecule has 0 aliphatic rings. The van der Waals surface area contributed by atoms with Crippen LogP contribution in [0.2, 0.25) is 0 Å². The van der Waals surface area contributed by atoms with Crippen LogP contribution in [0.1, 0.15) is 13.3 Å². The second-order valence-electron chi connectivity index (χ2n) is 3.35. The Balaban J connectivity index is 0.00000256. The van der Waals surface area contributed by atoms with Gasteiger partial charge in [0.1, 0.15) is 0 Å². The SMILES string of the molecule is CCCN(C(=N)N=C(N)N)c1ccccc1.Cl. The van der Waals surface area contributed by atoms with Crippen LogP contribution in [0, 0.1) is 5.41 Å². The summed E-state index contributed by atoms with van der Waals surface area (Å²) in [7, 11) is 0. The van der Waals surface area contributed by atoms with Crippen molar-refractivity contribution in [2.24, 2.45) is 16.5 Å². The molecule has 1 aromatic carbocycles. The molecule has 0 aromatic heterocycles. The third-order valence-electron chi connectivity index (χ3n) is 2.01. The number of aliphatic imine (C=N–C) groups is 1. The van der Waals surface area contributed by atoms with Gasteiger partial charge < -0.3 is 16.4 Å². The summed E-state index contributed by atoms with van der Waals surface area (Å²) in [6.45, 7) is 2.75. The summed E-state index contributed by atoms with van der Waals surface area (Å²) in [5.41, 5.74) is 11.4. The van der Waals surface area contributed by atoms with Crippen LogP contribution in [0.5, 0.6) is 0 Å². The van der Waals surface area contributed by atoms with Gasteiger partial charge >= 0.3 is 0 Å². The Bertz CT molecular complexity index is 373. The summed E-state index contributed by atoms with van der Waals surface area (Å²) in [5, 5.41) is 7.80. The van der Waals surface area contributed by atoms with E-state index in [0.717, 1.165) is 12.1 Å². The number of guanidine groups is 2. The van der Waals surface area contributed by atoms with Gasteiger partial charge in [-0.3, -0.25) is 5.41 Å². The molecule has 0 aliphatic heterocycles. The van der Waals surface area contributed by atoms with Crippen LogP contribution in [0.15, 0.2) is 35.3 Å². The van der Waals surface area contributed by atoms with Crippen LogP contribution < -0.4 is 16.4 Å². The lowest BCUT2D eigenvalue weighted by atomic mass is 10.3. The monoisotopic (exact) mass is 255 g/mol. The van der Waals surface area contributed by atoms with Crippen molar-refractivity contribution < 1.29 is 0 Å². The lowest BCUT2D eigenvalue weighted by Gasteiger charge is -2.21. The minimum atomic E-state index is -0.0953. The average Bonchev–Trinajstić information content (AvgIpc) is 2.26. The molecule has 0 amide bonds. The Kier molecular flexibility index (Phi) is 6.74. The van der Waals surface area contributed by atoms with Crippen LogP contribution in [-0.2, 0) is 0 Å². The van der Waals surface area contributed by atoms with E-state index in [0.29, 0.717) is 6.54 Å². The Hall–Kier alpha value is -1.75. The van der Waals surface area contributed by atoms with Crippen molar-refractivity contribution in [3.05, 3.63) is 30.3 Å². The Morgan fingerprint density at radius 3 is 2.35 bits per heavy atom. The van der Waals surface area contributed by atoms with Gasteiger partial charge in [0.05, 0.1) is 0 Å². The van der Waals surface area contributed by atoms with E-state index in [-0.39, 0.29) is 24.3 Å². The lowest BCUT2D eigenvalue weighted by molar-refractivity contribution is 0.893. The number of rotatable bonds is 3. The molecule has 0 spiro atoms. The van der Waals surface area contributed by atoms with Gasteiger partial charge in [0.15, 0.2) is 5.96 Å². The molecule has 0 bridgehead atoms. The molecule has 5 N–H and O–H groups in total. The molecule has 0 fully saturated rings. The van der Waals surface area contributed by atoms with Crippen molar-refractivity contribution in [2.45, 2.75) is 13.3 Å². The normalized spacial score (nSPS) is 9.00. The second-order valence-corrected chi connectivity index (χ2v) is 3.35. The first-order valence-electron chi connectivity index (χ1n) is 5.16. The number of hydrogen-bond donors (Lipinski definition) is 3. The number of nitrogens with two attached hydrogens (primary N) is 2. The van der Waals surface area contributed by atoms with Crippen LogP contribution in [0.25, 0.3) is 0 Å². The summed E-state index contributed by atoms with van der Waals surface area (Å²) in [5.74, 6) is -0.0323. The van der Waals surface area contributed by atoms with E-state index in [1.165, 1.54) is 0 Å². The molecule has 0 atom stereocenters. The lowest BCUT2D eigenvalue weighted by Crippen LogP contribution is -2.33. The predicted molar refractivity (Wildman–Crippen MR) is 74.9 cm³/mol. The second kappa shape index (κ2) is 7.51. The molecule has 0 unspecified atom stereocenters. The van der Waals surface area contributed by atoms with E-state index in [1.807, 2.05) is 37.3 Å². The maximum Gasteiger partial charge on any atom is 0.225 e. The highest BCUT2D eigenvalue weighted by Crippen LogP contribution is 2.14. The first kappa shape index (κ1) is 15.2. The zero-order valence-electron chi connectivity index (χ0n) is 9.76. The average molecular weight is 256 g/mol. The van der Waals surface area contributed by atoms with E-state index < -0.39 is 0 Å². The Morgan fingerprint density at radius 2 is 1.88 bits per heavy atom. The number of para-hydroxylation sites is 1. The maximum absolute atomic E-state index is 7.80. The molecular formula is C11H18ClN5. The molecule has 94 valence electrons. The molecule has 1 aromatic rings. The minimum absolute atomic E-state index is 0. The molecule has 17 heavy (non-hydrogen) atoms. The van der Waals surface area contributed by atoms with Crippen molar-refractivity contribution in [3.63, 3.8) is 0 Å². The highest BCUT2D eigenvalue weighted by molar-refractivity contribution is 6.01. The summed E-state index contributed by atoms with van der Waals surface area (Å²) in [6, 6.07) is 9.61. The van der Waals surface area contributed by atoms with Crippen molar-refractivity contribution in [1.29, 1.82) is 5.41 Å². The van der Waals surface area contributed by atoms with E-state index in [4.69, 9.17) is 16.9 Å². The molecule has 0 heterocycles. The van der Waals surface area contributed by atoms with Crippen LogP contribution in [-0.4, -0.2) is 18.5 Å². The predicted octanol–water partition coefficient (Wildman–Crippen LogP) is 1.53. The minimum Gasteiger partial charge on any atom is -0.370 e. The molecule has 0 aliphatic carbocycles. The summed E-state index contributed by atoms with van der Waals surface area (Å²) in [4.78, 5) is 5.52. The Labute approximate surface area is 107 Å². The highest BCUT2D eigenvalue weighted by Gasteiger charge is 2.09. The number of nitrogens with one attached hydrogen (secondary N) is 1. The standard InChI is InChI=1S/C11H17N5.ClH/c1-2-8-16(11(14)15-10(12)13)9-6-4-3-5-7-9;/h3-7H,2,8H2,1H3,(H5,12,13,14,15);1H. The van der Waals surface area contributed by atoms with Crippen molar-refractivity contribution in [1.82, 2.24) is 0 Å². The summed E-state index contributed by atoms with van der Waals surface area (Å²) >= 11 is 0. The first-order chi connectivity index (χ1) is 7.65. The summed E-state index contributed by atoms with van der Waals surface area (Å²) < 4.78 is 0. The first-order valence-corrected chi connectivity index (χ1v) is 5.16. The molecule has 0 saturated heterocycles. The molecule has 6 heteroatoms. The van der Waals surface area contributed by atoms with Crippen LogP contribution in [0.3, 0.4) is 0 Å². The number of nitrogens with zero attached hydrogens (tertiary/aromatic N) is 2. The number of hydrogen-bond acceptors (Lipinski definition) is 1. The topological polar surface area (TPSA) is 91.5 Å². The van der Waals surface area contributed by atoms with Gasteiger partial charge in [-0.25, -0.2) is 0 Å². The van der Waals surface area contributed by atoms with E-state index in [2.05, 4.69) is 4.99 Å². The van der Waals surface area contributed by atoms with Gasteiger partial charge in [-0.05, 0) is 18.6 Å². The zero-order chi connectivity index (χ0) is 12.0. The highest BCUT2D eigenvalue weighted by atomic mass is 35.5. The van der Waals surface area contributed by atoms with Gasteiger partial charge in [0, 0.05) is 12.2 Å².